The number of aliphatic hydroxyl groups excluding tert-OH is 1. The van der Waals surface area contributed by atoms with Crippen molar-refractivity contribution in [2.24, 2.45) is 0 Å². The number of nitrogens with zero attached hydrogens (tertiary/aromatic N) is 4. The molecular weight excluding hydrogens is 518 g/mol. The number of nitrogens with one attached hydrogen (secondary N) is 1. The van der Waals surface area contributed by atoms with Crippen LogP contribution in [-0.2, 0) is 19.6 Å². The first kappa shape index (κ1) is 29.1. The third-order valence-electron chi connectivity index (χ3n) is 8.20. The lowest BCUT2D eigenvalue weighted by atomic mass is 9.93. The Labute approximate surface area is 242 Å². The van der Waals surface area contributed by atoms with Crippen molar-refractivity contribution >= 4 is 17.4 Å². The number of hydrogen-bond acceptors (Lipinski definition) is 9. The molecule has 3 aromatic rings. The summed E-state index contributed by atoms with van der Waals surface area (Å²) in [4.78, 5) is 26.5. The Morgan fingerprint density at radius 1 is 1.27 bits per heavy atom. The van der Waals surface area contributed by atoms with Crippen molar-refractivity contribution in [2.75, 3.05) is 36.9 Å². The van der Waals surface area contributed by atoms with Crippen molar-refractivity contribution < 1.29 is 19.1 Å². The number of ether oxygens (including phenoxy) is 1. The number of carbonyl (C=O) groups is 1. The van der Waals surface area contributed by atoms with Gasteiger partial charge in [0.2, 0.25) is 0 Å². The van der Waals surface area contributed by atoms with Crippen LogP contribution in [0, 0.1) is 6.92 Å². The molecule has 2 aliphatic rings. The number of β-amino-alcohol motifs (C(OH)–C–C–N with tert-alkyl or cyclic N) is 1. The number of oxazole rings is 1. The monoisotopic (exact) mass is 561 g/mol. The maximum Gasteiger partial charge on any atom is 0.181 e. The molecule has 1 aromatic carbocycles. The molecule has 1 atom stereocenters. The van der Waals surface area contributed by atoms with Gasteiger partial charge in [0.25, 0.3) is 0 Å². The molecule has 41 heavy (non-hydrogen) atoms. The quantitative estimate of drug-likeness (QED) is 0.259. The fraction of sp³-hybridized carbons (Fsp3) is 0.531. The number of anilines is 2. The summed E-state index contributed by atoms with van der Waals surface area (Å²) >= 11 is 0. The molecule has 0 spiro atoms. The van der Waals surface area contributed by atoms with Crippen LogP contribution in [-0.4, -0.2) is 64.6 Å². The van der Waals surface area contributed by atoms with Crippen LogP contribution in [0.5, 0.6) is 5.75 Å². The Kier molecular flexibility index (Phi) is 9.57. The summed E-state index contributed by atoms with van der Waals surface area (Å²) in [6.45, 7) is 7.45. The zero-order chi connectivity index (χ0) is 28.8. The van der Waals surface area contributed by atoms with E-state index in [-0.39, 0.29) is 5.78 Å². The molecule has 0 unspecified atom stereocenters. The number of pyridine rings is 1. The van der Waals surface area contributed by atoms with Crippen molar-refractivity contribution in [1.29, 1.82) is 0 Å². The minimum absolute atomic E-state index is 0.0475. The molecule has 0 bridgehead atoms. The van der Waals surface area contributed by atoms with Gasteiger partial charge in [-0.3, -0.25) is 9.69 Å². The number of benzene rings is 1. The Bertz CT molecular complexity index is 1320. The maximum absolute atomic E-state index is 13.2. The molecule has 0 radical (unpaired) electrons. The number of fused-ring (bicyclic) bond motifs is 1. The topological polar surface area (TPSA) is 104 Å². The second kappa shape index (κ2) is 13.5. The summed E-state index contributed by atoms with van der Waals surface area (Å²) < 4.78 is 11.3. The molecular formula is C32H43N5O4. The zero-order valence-electron chi connectivity index (χ0n) is 24.6. The van der Waals surface area contributed by atoms with Crippen LogP contribution in [0.25, 0.3) is 0 Å². The molecule has 1 aliphatic heterocycles. The second-order valence-electron chi connectivity index (χ2n) is 11.5. The van der Waals surface area contributed by atoms with Gasteiger partial charge in [0.15, 0.2) is 17.9 Å². The van der Waals surface area contributed by atoms with Crippen molar-refractivity contribution in [1.82, 2.24) is 14.9 Å². The van der Waals surface area contributed by atoms with Crippen LogP contribution in [0.3, 0.4) is 0 Å². The summed E-state index contributed by atoms with van der Waals surface area (Å²) in [6, 6.07) is 10.4. The summed E-state index contributed by atoms with van der Waals surface area (Å²) in [7, 11) is 2.01. The number of aromatic nitrogens is 2. The smallest absolute Gasteiger partial charge is 0.181 e. The van der Waals surface area contributed by atoms with Crippen LogP contribution in [0.2, 0.25) is 0 Å². The number of ketones is 1. The summed E-state index contributed by atoms with van der Waals surface area (Å²) in [5.41, 5.74) is 4.02. The van der Waals surface area contributed by atoms with E-state index < -0.39 is 6.10 Å². The van der Waals surface area contributed by atoms with Gasteiger partial charge >= 0.3 is 0 Å². The fourth-order valence-corrected chi connectivity index (χ4v) is 5.44. The number of carbonyl (C=O) groups excluding carboxylic acids is 1. The summed E-state index contributed by atoms with van der Waals surface area (Å²) in [5.74, 6) is 3.19. The van der Waals surface area contributed by atoms with Gasteiger partial charge in [-0.05, 0) is 80.8 Å². The van der Waals surface area contributed by atoms with E-state index in [0.717, 1.165) is 74.2 Å². The maximum atomic E-state index is 13.2. The molecule has 2 aromatic heterocycles. The summed E-state index contributed by atoms with van der Waals surface area (Å²) in [6.07, 6.45) is 7.03. The molecule has 9 nitrogen and oxygen atoms in total. The van der Waals surface area contributed by atoms with Gasteiger partial charge in [-0.2, -0.15) is 0 Å². The van der Waals surface area contributed by atoms with Gasteiger partial charge in [-0.25, -0.2) is 9.97 Å². The molecule has 1 saturated carbocycles. The molecule has 0 amide bonds. The second-order valence-corrected chi connectivity index (χ2v) is 11.5. The molecule has 9 heteroatoms. The molecule has 0 saturated heterocycles. The number of hydrogen-bond donors (Lipinski definition) is 2. The number of aryl methyl sites for hydroxylation is 1. The zero-order valence-corrected chi connectivity index (χ0v) is 24.6. The van der Waals surface area contributed by atoms with Gasteiger partial charge in [0.05, 0.1) is 11.8 Å². The van der Waals surface area contributed by atoms with E-state index in [0.29, 0.717) is 37.6 Å². The third-order valence-corrected chi connectivity index (χ3v) is 8.20. The highest BCUT2D eigenvalue weighted by Crippen LogP contribution is 2.27. The molecule has 220 valence electrons. The van der Waals surface area contributed by atoms with Gasteiger partial charge in [-0.1, -0.05) is 13.0 Å². The third kappa shape index (κ3) is 7.65. The van der Waals surface area contributed by atoms with E-state index >= 15 is 0 Å². The van der Waals surface area contributed by atoms with Crippen LogP contribution in [0.15, 0.2) is 41.1 Å². The summed E-state index contributed by atoms with van der Waals surface area (Å²) in [5, 5.41) is 14.3. The van der Waals surface area contributed by atoms with Gasteiger partial charge in [-0.15, -0.1) is 0 Å². The predicted octanol–water partition coefficient (Wildman–Crippen LogP) is 5.15. The average molecular weight is 562 g/mol. The van der Waals surface area contributed by atoms with Crippen LogP contribution in [0.4, 0.5) is 11.6 Å². The van der Waals surface area contributed by atoms with Crippen molar-refractivity contribution in [3.05, 3.63) is 64.9 Å². The van der Waals surface area contributed by atoms with Gasteiger partial charge < -0.3 is 24.5 Å². The van der Waals surface area contributed by atoms with Crippen molar-refractivity contribution in [2.45, 2.75) is 84.1 Å². The largest absolute Gasteiger partial charge is 0.486 e. The van der Waals surface area contributed by atoms with E-state index in [4.69, 9.17) is 14.1 Å². The first-order valence-corrected chi connectivity index (χ1v) is 14.9. The highest BCUT2D eigenvalue weighted by molar-refractivity contribution is 5.97. The standard InChI is InChI=1S/C32H43N5O4/c1-4-13-36(3)32-17-25(16-31(35-32)34-26-6-5-7-26)29(39)11-9-27(38)19-37-14-12-23-15-28(10-8-24(23)18-37)40-20-30-22(2)33-21-41-30/h8,10,15-17,21,26-27,38H,4-7,9,11-14,18-20H2,1-3H3,(H,34,35)/t27-/m0/s1. The number of aliphatic hydroxyl groups is 1. The predicted molar refractivity (Wildman–Crippen MR) is 160 cm³/mol. The Balaban J connectivity index is 1.12. The minimum Gasteiger partial charge on any atom is -0.486 e. The molecule has 2 N–H and O–H groups in total. The fourth-order valence-electron chi connectivity index (χ4n) is 5.44. The van der Waals surface area contributed by atoms with E-state index in [9.17, 15) is 9.90 Å². The van der Waals surface area contributed by atoms with Gasteiger partial charge in [0, 0.05) is 51.3 Å². The van der Waals surface area contributed by atoms with Crippen molar-refractivity contribution in [3.8, 4) is 5.75 Å². The Morgan fingerprint density at radius 2 is 2.12 bits per heavy atom. The highest BCUT2D eigenvalue weighted by atomic mass is 16.5. The first-order chi connectivity index (χ1) is 19.9. The van der Waals surface area contributed by atoms with Crippen LogP contribution >= 0.6 is 0 Å². The van der Waals surface area contributed by atoms with Crippen molar-refractivity contribution in [3.63, 3.8) is 0 Å². The minimum atomic E-state index is -0.565. The number of rotatable bonds is 14. The Hall–Kier alpha value is -3.43. The molecule has 1 aliphatic carbocycles. The average Bonchev–Trinajstić information content (AvgIpc) is 3.36. The van der Waals surface area contributed by atoms with E-state index in [1.165, 1.54) is 23.9 Å². The van der Waals surface area contributed by atoms with E-state index in [2.05, 4.69) is 39.2 Å². The lowest BCUT2D eigenvalue weighted by Gasteiger charge is -2.30. The Morgan fingerprint density at radius 3 is 2.85 bits per heavy atom. The highest BCUT2D eigenvalue weighted by Gasteiger charge is 2.22. The van der Waals surface area contributed by atoms with E-state index in [1.54, 1.807) is 0 Å². The van der Waals surface area contributed by atoms with Crippen LogP contribution < -0.4 is 15.0 Å². The lowest BCUT2D eigenvalue weighted by molar-refractivity contribution is 0.0836. The van der Waals surface area contributed by atoms with E-state index in [1.807, 2.05) is 32.2 Å². The SMILES string of the molecule is CCCN(C)c1cc(C(=O)CC[C@H](O)CN2CCc3cc(OCc4ocnc4C)ccc3C2)cc(NC2CCC2)n1. The number of Topliss-reactive ketones (excluding diaryl/α,β-unsaturated/α-hetero) is 1. The molecule has 5 rings (SSSR count). The molecule has 3 heterocycles. The lowest BCUT2D eigenvalue weighted by Crippen LogP contribution is -2.36. The van der Waals surface area contributed by atoms with Crippen LogP contribution in [0.1, 0.15) is 78.4 Å². The first-order valence-electron chi connectivity index (χ1n) is 14.9. The van der Waals surface area contributed by atoms with Gasteiger partial charge in [0.1, 0.15) is 24.0 Å². The normalized spacial score (nSPS) is 16.1. The molecule has 1 fully saturated rings.